The summed E-state index contributed by atoms with van der Waals surface area (Å²) >= 11 is 0. The van der Waals surface area contributed by atoms with Crippen LogP contribution < -0.4 is 0 Å². The van der Waals surface area contributed by atoms with Crippen LogP contribution in [0.3, 0.4) is 0 Å². The van der Waals surface area contributed by atoms with Gasteiger partial charge in [0.25, 0.3) is 0 Å². The third-order valence-electron chi connectivity index (χ3n) is 7.86. The van der Waals surface area contributed by atoms with Gasteiger partial charge in [0, 0.05) is 35.9 Å². The first-order chi connectivity index (χ1) is 14.6. The Morgan fingerprint density at radius 1 is 1.22 bits per heavy atom. The van der Waals surface area contributed by atoms with Crippen molar-refractivity contribution in [2.75, 3.05) is 13.9 Å². The Kier molecular flexibility index (Phi) is 6.46. The largest absolute Gasteiger partial charge is 0.389 e. The zero-order chi connectivity index (χ0) is 24.3. The Hall–Kier alpha value is -1.31. The fourth-order valence-corrected chi connectivity index (χ4v) is 6.00. The summed E-state index contributed by atoms with van der Waals surface area (Å²) in [6.45, 7) is 17.8. The maximum atomic E-state index is 13.2. The molecule has 0 aromatic heterocycles. The van der Waals surface area contributed by atoms with E-state index in [1.165, 1.54) is 6.08 Å². The Bertz CT molecular complexity index is 847. The van der Waals surface area contributed by atoms with E-state index < -0.39 is 34.2 Å². The van der Waals surface area contributed by atoms with Gasteiger partial charge >= 0.3 is 0 Å². The van der Waals surface area contributed by atoms with Gasteiger partial charge in [0.1, 0.15) is 12.4 Å². The first kappa shape index (κ1) is 25.3. The highest BCUT2D eigenvalue weighted by Crippen LogP contribution is 2.58. The number of hydrogen-bond donors (Lipinski definition) is 2. The number of carbonyl (C=O) groups is 1. The highest BCUT2D eigenvalue weighted by Gasteiger charge is 2.62. The molecule has 0 radical (unpaired) electrons. The van der Waals surface area contributed by atoms with Crippen molar-refractivity contribution in [2.24, 2.45) is 16.7 Å². The molecule has 3 rings (SSSR count). The summed E-state index contributed by atoms with van der Waals surface area (Å²) in [5, 5.41) is 23.1. The van der Waals surface area contributed by atoms with E-state index in [-0.39, 0.29) is 24.6 Å². The number of ether oxygens (including phenoxy) is 3. The lowest BCUT2D eigenvalue weighted by Gasteiger charge is -2.58. The second kappa shape index (κ2) is 8.17. The number of aliphatic hydroxyl groups is 2. The molecular weight excluding hydrogens is 408 g/mol. The van der Waals surface area contributed by atoms with Crippen LogP contribution >= 0.6 is 0 Å². The van der Waals surface area contributed by atoms with Crippen LogP contribution in [0.25, 0.3) is 0 Å². The number of fused-ring (bicyclic) bond motifs is 3. The lowest BCUT2D eigenvalue weighted by Crippen LogP contribution is -2.64. The van der Waals surface area contributed by atoms with E-state index in [0.717, 1.165) is 0 Å². The summed E-state index contributed by atoms with van der Waals surface area (Å²) in [4.78, 5) is 13.2. The minimum absolute atomic E-state index is 0.0123. The lowest BCUT2D eigenvalue weighted by molar-refractivity contribution is -0.211. The Labute approximate surface area is 192 Å². The molecule has 3 aliphatic rings. The molecule has 2 bridgehead atoms. The maximum Gasteiger partial charge on any atom is 0.182 e. The number of allylic oxidation sites excluding steroid dienone is 2. The molecule has 180 valence electrons. The van der Waals surface area contributed by atoms with Crippen molar-refractivity contribution in [3.63, 3.8) is 0 Å². The Balaban J connectivity index is 2.28. The van der Waals surface area contributed by atoms with Gasteiger partial charge in [0.2, 0.25) is 0 Å². The van der Waals surface area contributed by atoms with E-state index in [2.05, 4.69) is 13.5 Å². The predicted molar refractivity (Wildman–Crippen MR) is 123 cm³/mol. The summed E-state index contributed by atoms with van der Waals surface area (Å²) in [6, 6.07) is 0. The molecule has 0 unspecified atom stereocenters. The van der Waals surface area contributed by atoms with Gasteiger partial charge in [-0.2, -0.15) is 0 Å². The standard InChI is InChI=1S/C26H40O6/c1-15-10-20(28)18-11-17-16(2)19(27)12-21(32-23(3,4)5)25(17,8)13-22(31-14-30-9)26(15,29)24(18,6)7/h10-11,17,19,21-22,27,29H,2,12-14H2,1,3-9H3/b18-11-/t17-,19-,21-,22+,25-,26+/m0/s1. The van der Waals surface area contributed by atoms with E-state index in [1.807, 2.05) is 40.7 Å². The van der Waals surface area contributed by atoms with Gasteiger partial charge in [0.05, 0.1) is 23.9 Å². The average Bonchev–Trinajstić information content (AvgIpc) is 2.65. The summed E-state index contributed by atoms with van der Waals surface area (Å²) < 4.78 is 17.8. The van der Waals surface area contributed by atoms with Gasteiger partial charge in [-0.3, -0.25) is 4.79 Å². The molecule has 1 saturated carbocycles. The van der Waals surface area contributed by atoms with Crippen molar-refractivity contribution in [1.29, 1.82) is 0 Å². The monoisotopic (exact) mass is 448 g/mol. The van der Waals surface area contributed by atoms with Crippen LogP contribution in [-0.2, 0) is 19.0 Å². The van der Waals surface area contributed by atoms with Crippen LogP contribution in [0.4, 0.5) is 0 Å². The first-order valence-electron chi connectivity index (χ1n) is 11.4. The van der Waals surface area contributed by atoms with E-state index in [9.17, 15) is 15.0 Å². The molecule has 1 fully saturated rings. The van der Waals surface area contributed by atoms with Crippen molar-refractivity contribution >= 4 is 5.78 Å². The topological polar surface area (TPSA) is 85.2 Å². The molecule has 0 aliphatic heterocycles. The van der Waals surface area contributed by atoms with E-state index >= 15 is 0 Å². The van der Waals surface area contributed by atoms with Crippen LogP contribution in [0.1, 0.15) is 61.3 Å². The number of aliphatic hydroxyl groups excluding tert-OH is 1. The molecular formula is C26H40O6. The molecule has 6 nitrogen and oxygen atoms in total. The van der Waals surface area contributed by atoms with Gasteiger partial charge < -0.3 is 24.4 Å². The molecule has 6 atom stereocenters. The van der Waals surface area contributed by atoms with Crippen molar-refractivity contribution in [3.8, 4) is 0 Å². The van der Waals surface area contributed by atoms with Gasteiger partial charge in [-0.25, -0.2) is 0 Å². The zero-order valence-electron chi connectivity index (χ0n) is 20.8. The second-order valence-corrected chi connectivity index (χ2v) is 11.5. The zero-order valence-corrected chi connectivity index (χ0v) is 20.8. The van der Waals surface area contributed by atoms with Crippen molar-refractivity contribution in [1.82, 2.24) is 0 Å². The van der Waals surface area contributed by atoms with Gasteiger partial charge in [-0.15, -0.1) is 0 Å². The van der Waals surface area contributed by atoms with Crippen LogP contribution in [-0.4, -0.2) is 59.4 Å². The highest BCUT2D eigenvalue weighted by atomic mass is 16.7. The summed E-state index contributed by atoms with van der Waals surface area (Å²) in [5.74, 6) is -0.449. The van der Waals surface area contributed by atoms with E-state index in [4.69, 9.17) is 14.2 Å². The van der Waals surface area contributed by atoms with Crippen molar-refractivity contribution in [2.45, 2.75) is 90.8 Å². The third kappa shape index (κ3) is 3.84. The van der Waals surface area contributed by atoms with Gasteiger partial charge in [0.15, 0.2) is 5.78 Å². The highest BCUT2D eigenvalue weighted by molar-refractivity contribution is 6.07. The maximum absolute atomic E-state index is 13.2. The molecule has 3 aliphatic carbocycles. The number of rotatable bonds is 4. The molecule has 2 N–H and O–H groups in total. The van der Waals surface area contributed by atoms with Crippen LogP contribution in [0.5, 0.6) is 0 Å². The average molecular weight is 449 g/mol. The summed E-state index contributed by atoms with van der Waals surface area (Å²) in [6.07, 6.45) is 2.54. The van der Waals surface area contributed by atoms with E-state index in [1.54, 1.807) is 14.0 Å². The molecule has 32 heavy (non-hydrogen) atoms. The van der Waals surface area contributed by atoms with E-state index in [0.29, 0.717) is 29.6 Å². The Morgan fingerprint density at radius 3 is 2.41 bits per heavy atom. The van der Waals surface area contributed by atoms with Crippen molar-refractivity contribution < 1.29 is 29.2 Å². The number of ketones is 1. The normalized spacial score (nSPS) is 41.2. The Morgan fingerprint density at radius 2 is 1.84 bits per heavy atom. The minimum Gasteiger partial charge on any atom is -0.389 e. The van der Waals surface area contributed by atoms with Crippen LogP contribution in [0, 0.1) is 16.7 Å². The molecule has 0 spiro atoms. The van der Waals surface area contributed by atoms with Gasteiger partial charge in [-0.05, 0) is 51.3 Å². The fraction of sp³-hybridized carbons (Fsp3) is 0.731. The molecule has 0 aromatic carbocycles. The van der Waals surface area contributed by atoms with Crippen LogP contribution in [0.2, 0.25) is 0 Å². The van der Waals surface area contributed by atoms with Crippen LogP contribution in [0.15, 0.2) is 35.5 Å². The molecule has 0 heterocycles. The SMILES string of the molecule is C=C1[C@@H](O)C[C@H](OC(C)(C)C)[C@@]2(C)C[C@@H](OCOC)[C@]3(O)C(C)=CC(=O)/C(=C/[C@@H]12)C3(C)C. The minimum atomic E-state index is -1.41. The predicted octanol–water partition coefficient (Wildman–Crippen LogP) is 3.72. The molecule has 0 aromatic rings. The third-order valence-corrected chi connectivity index (χ3v) is 7.86. The molecule has 0 amide bonds. The number of carbonyl (C=O) groups excluding carboxylic acids is 1. The molecule has 0 saturated heterocycles. The lowest BCUT2D eigenvalue weighted by atomic mass is 9.51. The molecule has 6 heteroatoms. The van der Waals surface area contributed by atoms with Crippen molar-refractivity contribution in [3.05, 3.63) is 35.5 Å². The number of methoxy groups -OCH3 is 1. The fourth-order valence-electron chi connectivity index (χ4n) is 6.00. The number of hydrogen-bond acceptors (Lipinski definition) is 6. The first-order valence-corrected chi connectivity index (χ1v) is 11.4. The van der Waals surface area contributed by atoms with Gasteiger partial charge in [-0.1, -0.05) is 33.4 Å². The quantitative estimate of drug-likeness (QED) is 0.504. The summed E-state index contributed by atoms with van der Waals surface area (Å²) in [5.41, 5.74) is -1.58. The smallest absolute Gasteiger partial charge is 0.182 e. The summed E-state index contributed by atoms with van der Waals surface area (Å²) in [7, 11) is 1.55. The second-order valence-electron chi connectivity index (χ2n) is 11.5.